The van der Waals surface area contributed by atoms with Crippen molar-refractivity contribution in [2.75, 3.05) is 12.3 Å². The van der Waals surface area contributed by atoms with Gasteiger partial charge in [0, 0.05) is 6.54 Å². The largest absolute Gasteiger partial charge is 0.396 e. The molecule has 6 heteroatoms. The van der Waals surface area contributed by atoms with Gasteiger partial charge in [-0.05, 0) is 12.1 Å². The van der Waals surface area contributed by atoms with Crippen molar-refractivity contribution in [2.45, 2.75) is 12.2 Å². The molecule has 0 spiro atoms. The Kier molecular flexibility index (Phi) is 3.65. The van der Waals surface area contributed by atoms with Gasteiger partial charge >= 0.3 is 0 Å². The van der Waals surface area contributed by atoms with Gasteiger partial charge in [0.1, 0.15) is 6.10 Å². The van der Waals surface area contributed by atoms with Crippen LogP contribution in [0.25, 0.3) is 0 Å². The number of aromatic nitrogens is 1. The Morgan fingerprint density at radius 3 is 2.57 bits per heavy atom. The average Bonchev–Trinajstić information content (AvgIpc) is 2.20. The third-order valence-electron chi connectivity index (χ3n) is 1.81. The summed E-state index contributed by atoms with van der Waals surface area (Å²) in [5.41, 5.74) is 11.2. The SMILES string of the molecule is NCC(O)C(O)c1ccc(N)c(Cl)n1. The quantitative estimate of drug-likeness (QED) is 0.519. The molecule has 5 nitrogen and oxygen atoms in total. The molecule has 6 N–H and O–H groups in total. The summed E-state index contributed by atoms with van der Waals surface area (Å²) in [4.78, 5) is 3.82. The summed E-state index contributed by atoms with van der Waals surface area (Å²) in [7, 11) is 0. The molecule has 0 saturated heterocycles. The van der Waals surface area contributed by atoms with Crippen LogP contribution in [0.1, 0.15) is 11.8 Å². The highest BCUT2D eigenvalue weighted by Gasteiger charge is 2.18. The smallest absolute Gasteiger partial charge is 0.152 e. The van der Waals surface area contributed by atoms with Crippen LogP contribution in [0.4, 0.5) is 5.69 Å². The van der Waals surface area contributed by atoms with Crippen LogP contribution in [0.5, 0.6) is 0 Å². The molecule has 0 aromatic carbocycles. The number of rotatable bonds is 3. The van der Waals surface area contributed by atoms with Crippen LogP contribution in [0.15, 0.2) is 12.1 Å². The van der Waals surface area contributed by atoms with Crippen molar-refractivity contribution in [1.29, 1.82) is 0 Å². The van der Waals surface area contributed by atoms with Crippen molar-refractivity contribution < 1.29 is 10.2 Å². The lowest BCUT2D eigenvalue weighted by Gasteiger charge is -2.15. The first-order valence-electron chi connectivity index (χ1n) is 4.04. The molecule has 1 aromatic heterocycles. The summed E-state index contributed by atoms with van der Waals surface area (Å²) in [5, 5.41) is 18.9. The molecule has 0 aliphatic heterocycles. The Labute approximate surface area is 86.3 Å². The Balaban J connectivity index is 2.91. The summed E-state index contributed by atoms with van der Waals surface area (Å²) < 4.78 is 0. The normalized spacial score (nSPS) is 15.1. The maximum absolute atomic E-state index is 9.51. The van der Waals surface area contributed by atoms with Gasteiger partial charge < -0.3 is 21.7 Å². The van der Waals surface area contributed by atoms with Crippen molar-refractivity contribution >= 4 is 17.3 Å². The number of anilines is 1. The molecule has 2 unspecified atom stereocenters. The predicted octanol–water partition coefficient (Wildman–Crippen LogP) is -0.330. The zero-order valence-corrected chi connectivity index (χ0v) is 8.15. The van der Waals surface area contributed by atoms with E-state index in [0.29, 0.717) is 5.69 Å². The summed E-state index contributed by atoms with van der Waals surface area (Å²) in [5.74, 6) is 0. The molecule has 0 saturated carbocycles. The second kappa shape index (κ2) is 4.56. The van der Waals surface area contributed by atoms with Gasteiger partial charge in [-0.3, -0.25) is 0 Å². The van der Waals surface area contributed by atoms with Gasteiger partial charge in [-0.25, -0.2) is 4.98 Å². The van der Waals surface area contributed by atoms with E-state index in [9.17, 15) is 10.2 Å². The Bertz CT molecular complexity index is 321. The maximum Gasteiger partial charge on any atom is 0.152 e. The van der Waals surface area contributed by atoms with Gasteiger partial charge in [0.15, 0.2) is 5.15 Å². The molecule has 0 aliphatic carbocycles. The Hall–Kier alpha value is -0.880. The topological polar surface area (TPSA) is 105 Å². The van der Waals surface area contributed by atoms with Crippen LogP contribution in [0, 0.1) is 0 Å². The highest BCUT2D eigenvalue weighted by molar-refractivity contribution is 6.31. The fourth-order valence-electron chi connectivity index (χ4n) is 0.950. The number of aliphatic hydroxyl groups excluding tert-OH is 2. The first-order chi connectivity index (χ1) is 6.56. The summed E-state index contributed by atoms with van der Waals surface area (Å²) in [6.07, 6.45) is -2.19. The molecule has 0 aliphatic rings. The molecule has 0 bridgehead atoms. The van der Waals surface area contributed by atoms with E-state index in [-0.39, 0.29) is 17.4 Å². The maximum atomic E-state index is 9.51. The minimum Gasteiger partial charge on any atom is -0.396 e. The van der Waals surface area contributed by atoms with Gasteiger partial charge in [-0.2, -0.15) is 0 Å². The van der Waals surface area contributed by atoms with E-state index in [1.807, 2.05) is 0 Å². The number of halogens is 1. The lowest BCUT2D eigenvalue weighted by atomic mass is 10.1. The van der Waals surface area contributed by atoms with Gasteiger partial charge in [-0.15, -0.1) is 0 Å². The summed E-state index contributed by atoms with van der Waals surface area (Å²) >= 11 is 5.65. The molecule has 0 radical (unpaired) electrons. The van der Waals surface area contributed by atoms with Crippen LogP contribution >= 0.6 is 11.6 Å². The van der Waals surface area contributed by atoms with Crippen LogP contribution in [-0.2, 0) is 0 Å². The van der Waals surface area contributed by atoms with Crippen LogP contribution < -0.4 is 11.5 Å². The van der Waals surface area contributed by atoms with Crippen molar-refractivity contribution in [3.8, 4) is 0 Å². The number of aliphatic hydroxyl groups is 2. The standard InChI is InChI=1S/C8H12ClN3O2/c9-8-4(11)1-2-5(12-8)7(14)6(13)3-10/h1-2,6-7,13-14H,3,10-11H2. The van der Waals surface area contributed by atoms with Crippen LogP contribution in [-0.4, -0.2) is 27.8 Å². The van der Waals surface area contributed by atoms with Crippen molar-refractivity contribution in [3.63, 3.8) is 0 Å². The van der Waals surface area contributed by atoms with E-state index in [0.717, 1.165) is 0 Å². The minimum absolute atomic E-state index is 0.0508. The van der Waals surface area contributed by atoms with Crippen LogP contribution in [0.2, 0.25) is 5.15 Å². The molecule has 1 rings (SSSR count). The predicted molar refractivity (Wildman–Crippen MR) is 53.7 cm³/mol. The van der Waals surface area contributed by atoms with E-state index >= 15 is 0 Å². The number of hydrogen-bond donors (Lipinski definition) is 4. The number of pyridine rings is 1. The van der Waals surface area contributed by atoms with Gasteiger partial charge in [0.2, 0.25) is 0 Å². The zero-order chi connectivity index (χ0) is 10.7. The Morgan fingerprint density at radius 1 is 1.43 bits per heavy atom. The molecular formula is C8H12ClN3O2. The molecule has 14 heavy (non-hydrogen) atoms. The second-order valence-corrected chi connectivity index (χ2v) is 3.22. The summed E-state index contributed by atoms with van der Waals surface area (Å²) in [6, 6.07) is 3.00. The first kappa shape index (κ1) is 11.2. The van der Waals surface area contributed by atoms with Crippen molar-refractivity contribution in [3.05, 3.63) is 23.0 Å². The monoisotopic (exact) mass is 217 g/mol. The summed E-state index contributed by atoms with van der Waals surface area (Å²) in [6.45, 7) is -0.0508. The molecule has 2 atom stereocenters. The van der Waals surface area contributed by atoms with Crippen molar-refractivity contribution in [2.24, 2.45) is 5.73 Å². The van der Waals surface area contributed by atoms with Gasteiger partial charge in [0.05, 0.1) is 17.5 Å². The number of nitrogen functional groups attached to an aromatic ring is 1. The number of nitrogens with two attached hydrogens (primary N) is 2. The molecule has 1 heterocycles. The third-order valence-corrected chi connectivity index (χ3v) is 2.11. The molecule has 0 amide bonds. The molecule has 78 valence electrons. The fourth-order valence-corrected chi connectivity index (χ4v) is 1.11. The molecule has 1 aromatic rings. The fraction of sp³-hybridized carbons (Fsp3) is 0.375. The van der Waals surface area contributed by atoms with E-state index in [1.54, 1.807) is 0 Å². The highest BCUT2D eigenvalue weighted by Crippen LogP contribution is 2.20. The van der Waals surface area contributed by atoms with Crippen molar-refractivity contribution in [1.82, 2.24) is 4.98 Å². The van der Waals surface area contributed by atoms with E-state index in [2.05, 4.69) is 4.98 Å². The first-order valence-corrected chi connectivity index (χ1v) is 4.42. The lowest BCUT2D eigenvalue weighted by Crippen LogP contribution is -2.27. The molecular weight excluding hydrogens is 206 g/mol. The zero-order valence-electron chi connectivity index (χ0n) is 7.39. The van der Waals surface area contributed by atoms with Gasteiger partial charge in [-0.1, -0.05) is 11.6 Å². The Morgan fingerprint density at radius 2 is 2.07 bits per heavy atom. The molecule has 0 fully saturated rings. The minimum atomic E-state index is -1.14. The second-order valence-electron chi connectivity index (χ2n) is 2.86. The highest BCUT2D eigenvalue weighted by atomic mass is 35.5. The average molecular weight is 218 g/mol. The third kappa shape index (κ3) is 2.33. The van der Waals surface area contributed by atoms with E-state index in [1.165, 1.54) is 12.1 Å². The lowest BCUT2D eigenvalue weighted by molar-refractivity contribution is 0.0217. The number of hydrogen-bond acceptors (Lipinski definition) is 5. The van der Waals surface area contributed by atoms with E-state index in [4.69, 9.17) is 23.1 Å². The number of nitrogens with zero attached hydrogens (tertiary/aromatic N) is 1. The van der Waals surface area contributed by atoms with E-state index < -0.39 is 12.2 Å². The van der Waals surface area contributed by atoms with Crippen LogP contribution in [0.3, 0.4) is 0 Å². The van der Waals surface area contributed by atoms with Gasteiger partial charge in [0.25, 0.3) is 0 Å².